The number of rotatable bonds is 4. The van der Waals surface area contributed by atoms with Gasteiger partial charge in [-0.2, -0.15) is 11.8 Å². The number of β-amino-alcohol motifs (C(OH)–C–C–N with tert-alkyl or cyclic N) is 1. The van der Waals surface area contributed by atoms with Gasteiger partial charge in [-0.25, -0.2) is 0 Å². The molecule has 19 heavy (non-hydrogen) atoms. The molecule has 1 aromatic rings. The molecule has 6 heteroatoms. The molecule has 0 bridgehead atoms. The van der Waals surface area contributed by atoms with E-state index in [0.29, 0.717) is 13.0 Å². The van der Waals surface area contributed by atoms with E-state index < -0.39 is 6.10 Å². The Bertz CT molecular complexity index is 414. The summed E-state index contributed by atoms with van der Waals surface area (Å²) in [5, 5.41) is 15.2. The Balaban J connectivity index is 0.00000180. The Morgan fingerprint density at radius 3 is 2.68 bits per heavy atom. The number of anilines is 1. The van der Waals surface area contributed by atoms with Gasteiger partial charge in [-0.3, -0.25) is 4.79 Å². The highest BCUT2D eigenvalue weighted by atomic mass is 35.5. The van der Waals surface area contributed by atoms with Gasteiger partial charge >= 0.3 is 0 Å². The fourth-order valence-corrected chi connectivity index (χ4v) is 2.52. The van der Waals surface area contributed by atoms with Crippen molar-refractivity contribution in [3.05, 3.63) is 29.8 Å². The smallest absolute Gasteiger partial charge is 0.241 e. The van der Waals surface area contributed by atoms with Crippen LogP contribution in [0.1, 0.15) is 12.0 Å². The molecule has 1 heterocycles. The van der Waals surface area contributed by atoms with Crippen LogP contribution >= 0.6 is 24.2 Å². The van der Waals surface area contributed by atoms with Crippen molar-refractivity contribution in [2.45, 2.75) is 24.3 Å². The Hall–Kier alpha value is -0.750. The van der Waals surface area contributed by atoms with Gasteiger partial charge in [0.15, 0.2) is 0 Å². The summed E-state index contributed by atoms with van der Waals surface area (Å²) < 4.78 is 0. The fourth-order valence-electron chi connectivity index (χ4n) is 2.00. The number of hydrogen-bond acceptors (Lipinski definition) is 4. The van der Waals surface area contributed by atoms with Crippen LogP contribution in [0.15, 0.2) is 24.3 Å². The molecule has 2 rings (SSSR count). The zero-order valence-corrected chi connectivity index (χ0v) is 12.4. The predicted molar refractivity (Wildman–Crippen MR) is 82.0 cm³/mol. The van der Waals surface area contributed by atoms with E-state index in [2.05, 4.69) is 16.9 Å². The van der Waals surface area contributed by atoms with E-state index in [0.717, 1.165) is 11.4 Å². The topological polar surface area (TPSA) is 61.4 Å². The maximum atomic E-state index is 11.9. The van der Waals surface area contributed by atoms with Gasteiger partial charge in [-0.15, -0.1) is 12.4 Å². The number of carbonyl (C=O) groups excluding carboxylic acids is 1. The zero-order chi connectivity index (χ0) is 13.0. The lowest BCUT2D eigenvalue weighted by molar-refractivity contribution is -0.117. The van der Waals surface area contributed by atoms with E-state index >= 15 is 0 Å². The van der Waals surface area contributed by atoms with Crippen molar-refractivity contribution in [3.63, 3.8) is 0 Å². The number of nitrogens with one attached hydrogen (secondary N) is 2. The number of amides is 1. The average molecular weight is 303 g/mol. The van der Waals surface area contributed by atoms with Gasteiger partial charge in [0.2, 0.25) is 5.91 Å². The molecule has 0 radical (unpaired) electrons. The molecular weight excluding hydrogens is 284 g/mol. The molecule has 3 N–H and O–H groups in total. The van der Waals surface area contributed by atoms with Gasteiger partial charge in [0.05, 0.1) is 12.1 Å². The third-order valence-electron chi connectivity index (χ3n) is 2.96. The summed E-state index contributed by atoms with van der Waals surface area (Å²) in [6.07, 6.45) is 2.13. The molecule has 0 aromatic heterocycles. The summed E-state index contributed by atoms with van der Waals surface area (Å²) >= 11 is 1.77. The Morgan fingerprint density at radius 1 is 1.47 bits per heavy atom. The molecule has 1 amide bonds. The second-order valence-corrected chi connectivity index (χ2v) is 5.34. The van der Waals surface area contributed by atoms with Crippen molar-refractivity contribution in [1.82, 2.24) is 5.32 Å². The van der Waals surface area contributed by atoms with E-state index in [9.17, 15) is 9.90 Å². The summed E-state index contributed by atoms with van der Waals surface area (Å²) in [4.78, 5) is 11.9. The molecule has 0 spiro atoms. The average Bonchev–Trinajstić information content (AvgIpc) is 2.79. The van der Waals surface area contributed by atoms with Crippen LogP contribution in [0.2, 0.25) is 0 Å². The molecule has 2 unspecified atom stereocenters. The first-order valence-corrected chi connectivity index (χ1v) is 7.38. The number of carbonyl (C=O) groups is 1. The van der Waals surface area contributed by atoms with Gasteiger partial charge in [0, 0.05) is 18.0 Å². The predicted octanol–water partition coefficient (Wildman–Crippen LogP) is 1.63. The molecular formula is C13H19ClN2O2S. The highest BCUT2D eigenvalue weighted by molar-refractivity contribution is 7.97. The Kier molecular flexibility index (Phi) is 6.65. The first-order valence-electron chi connectivity index (χ1n) is 5.99. The summed E-state index contributed by atoms with van der Waals surface area (Å²) in [6.45, 7) is 0.491. The second-order valence-electron chi connectivity index (χ2n) is 4.47. The standard InChI is InChI=1S/C13H18N2O2S.ClH/c1-18-8-9-2-4-10(5-3-9)15-13(17)12-6-11(16)7-14-12;/h2-5,11-12,14,16H,6-8H2,1H3,(H,15,17);1H. The van der Waals surface area contributed by atoms with Gasteiger partial charge in [0.1, 0.15) is 0 Å². The molecule has 1 saturated heterocycles. The maximum Gasteiger partial charge on any atom is 0.241 e. The highest BCUT2D eigenvalue weighted by Crippen LogP contribution is 2.15. The monoisotopic (exact) mass is 302 g/mol. The third kappa shape index (κ3) is 4.69. The van der Waals surface area contributed by atoms with Crippen LogP contribution in [0.4, 0.5) is 5.69 Å². The lowest BCUT2D eigenvalue weighted by Crippen LogP contribution is -2.35. The molecule has 1 aromatic carbocycles. The first kappa shape index (κ1) is 16.3. The molecule has 106 valence electrons. The SMILES string of the molecule is CSCc1ccc(NC(=O)C2CC(O)CN2)cc1.Cl. The summed E-state index contributed by atoms with van der Waals surface area (Å²) in [6, 6.07) is 7.57. The first-order chi connectivity index (χ1) is 8.69. The van der Waals surface area contributed by atoms with Crippen molar-refractivity contribution < 1.29 is 9.90 Å². The van der Waals surface area contributed by atoms with Crippen molar-refractivity contribution in [3.8, 4) is 0 Å². The quantitative estimate of drug-likeness (QED) is 0.791. The van der Waals surface area contributed by atoms with Crippen LogP contribution in [0.5, 0.6) is 0 Å². The summed E-state index contributed by atoms with van der Waals surface area (Å²) in [5.41, 5.74) is 2.04. The molecule has 2 atom stereocenters. The fraction of sp³-hybridized carbons (Fsp3) is 0.462. The molecule has 1 aliphatic rings. The van der Waals surface area contributed by atoms with E-state index in [-0.39, 0.29) is 24.4 Å². The number of halogens is 1. The Labute approximate surface area is 123 Å². The van der Waals surface area contributed by atoms with Crippen molar-refractivity contribution >= 4 is 35.8 Å². The van der Waals surface area contributed by atoms with Gasteiger partial charge in [0.25, 0.3) is 0 Å². The van der Waals surface area contributed by atoms with Crippen LogP contribution in [0, 0.1) is 0 Å². The van der Waals surface area contributed by atoms with Crippen LogP contribution in [-0.4, -0.2) is 36.0 Å². The summed E-state index contributed by atoms with van der Waals surface area (Å²) in [7, 11) is 0. The zero-order valence-electron chi connectivity index (χ0n) is 10.8. The number of benzene rings is 1. The largest absolute Gasteiger partial charge is 0.392 e. The van der Waals surface area contributed by atoms with E-state index in [1.807, 2.05) is 24.3 Å². The molecule has 4 nitrogen and oxygen atoms in total. The summed E-state index contributed by atoms with van der Waals surface area (Å²) in [5.74, 6) is 0.897. The molecule has 0 saturated carbocycles. The van der Waals surface area contributed by atoms with E-state index in [1.165, 1.54) is 5.56 Å². The minimum Gasteiger partial charge on any atom is -0.392 e. The van der Waals surface area contributed by atoms with E-state index in [1.54, 1.807) is 11.8 Å². The van der Waals surface area contributed by atoms with Crippen molar-refractivity contribution in [2.24, 2.45) is 0 Å². The second kappa shape index (κ2) is 7.75. The lowest BCUT2D eigenvalue weighted by Gasteiger charge is -2.11. The minimum atomic E-state index is -0.412. The Morgan fingerprint density at radius 2 is 2.16 bits per heavy atom. The van der Waals surface area contributed by atoms with Crippen molar-refractivity contribution in [2.75, 3.05) is 18.1 Å². The highest BCUT2D eigenvalue weighted by Gasteiger charge is 2.27. The van der Waals surface area contributed by atoms with Crippen LogP contribution in [0.25, 0.3) is 0 Å². The molecule has 0 aliphatic carbocycles. The molecule has 1 fully saturated rings. The van der Waals surface area contributed by atoms with Gasteiger partial charge in [-0.1, -0.05) is 12.1 Å². The van der Waals surface area contributed by atoms with Gasteiger partial charge < -0.3 is 15.7 Å². The minimum absolute atomic E-state index is 0. The van der Waals surface area contributed by atoms with E-state index in [4.69, 9.17) is 0 Å². The third-order valence-corrected chi connectivity index (χ3v) is 3.58. The lowest BCUT2D eigenvalue weighted by atomic mass is 10.2. The van der Waals surface area contributed by atoms with Crippen LogP contribution in [-0.2, 0) is 10.5 Å². The number of hydrogen-bond donors (Lipinski definition) is 3. The van der Waals surface area contributed by atoms with Crippen LogP contribution < -0.4 is 10.6 Å². The normalized spacial score (nSPS) is 21.8. The number of aliphatic hydroxyl groups is 1. The van der Waals surface area contributed by atoms with Crippen molar-refractivity contribution in [1.29, 1.82) is 0 Å². The molecule has 1 aliphatic heterocycles. The number of thioether (sulfide) groups is 1. The number of aliphatic hydroxyl groups excluding tert-OH is 1. The maximum absolute atomic E-state index is 11.9. The van der Waals surface area contributed by atoms with Gasteiger partial charge in [-0.05, 0) is 30.4 Å². The van der Waals surface area contributed by atoms with Crippen LogP contribution in [0.3, 0.4) is 0 Å².